The SMILES string of the molecule is CC(/C=N/NC(=O)/C(=C\c1ccc2c(c1)OCO2)NC(=O)c1ccccc1)=C\c1ccccc1. The predicted octanol–water partition coefficient (Wildman–Crippen LogP) is 4.39. The summed E-state index contributed by atoms with van der Waals surface area (Å²) in [4.78, 5) is 25.6. The topological polar surface area (TPSA) is 89.0 Å². The van der Waals surface area contributed by atoms with Crippen LogP contribution in [0.4, 0.5) is 0 Å². The summed E-state index contributed by atoms with van der Waals surface area (Å²) in [5, 5.41) is 6.71. The van der Waals surface area contributed by atoms with Crippen LogP contribution in [-0.4, -0.2) is 24.8 Å². The van der Waals surface area contributed by atoms with Gasteiger partial charge in [0.15, 0.2) is 11.5 Å². The molecule has 0 atom stereocenters. The molecule has 0 unspecified atom stereocenters. The maximum absolute atomic E-state index is 12.9. The Labute approximate surface area is 197 Å². The van der Waals surface area contributed by atoms with Crippen LogP contribution in [0.25, 0.3) is 12.2 Å². The Kier molecular flexibility index (Phi) is 7.15. The number of rotatable bonds is 7. The molecule has 0 radical (unpaired) electrons. The molecule has 0 saturated carbocycles. The highest BCUT2D eigenvalue weighted by Crippen LogP contribution is 2.33. The maximum Gasteiger partial charge on any atom is 0.287 e. The second-order valence-corrected chi connectivity index (χ2v) is 7.49. The second-order valence-electron chi connectivity index (χ2n) is 7.49. The van der Waals surface area contributed by atoms with Gasteiger partial charge in [-0.05, 0) is 54.0 Å². The average Bonchev–Trinajstić information content (AvgIpc) is 3.32. The predicted molar refractivity (Wildman–Crippen MR) is 131 cm³/mol. The standard InChI is InChI=1S/C27H23N3O4/c1-19(14-20-8-4-2-5-9-20)17-28-30-27(32)23(29-26(31)22-10-6-3-7-11-22)15-21-12-13-24-25(16-21)34-18-33-24/h2-17H,18H2,1H3,(H,29,31)(H,30,32)/b19-14+,23-15+,28-17+. The molecule has 2 N–H and O–H groups in total. The van der Waals surface area contributed by atoms with Gasteiger partial charge in [-0.3, -0.25) is 9.59 Å². The van der Waals surface area contributed by atoms with E-state index < -0.39 is 11.8 Å². The van der Waals surface area contributed by atoms with Crippen LogP contribution in [0.15, 0.2) is 95.2 Å². The number of carbonyl (C=O) groups excluding carboxylic acids is 2. The molecule has 3 aromatic rings. The molecule has 1 aliphatic rings. The maximum atomic E-state index is 12.9. The van der Waals surface area contributed by atoms with Gasteiger partial charge in [0.1, 0.15) is 5.70 Å². The van der Waals surface area contributed by atoms with Gasteiger partial charge in [0.25, 0.3) is 11.8 Å². The number of hydrogen-bond acceptors (Lipinski definition) is 5. The minimum absolute atomic E-state index is 0.0366. The fraction of sp³-hybridized carbons (Fsp3) is 0.0741. The number of allylic oxidation sites excluding steroid dienone is 1. The summed E-state index contributed by atoms with van der Waals surface area (Å²) in [7, 11) is 0. The normalized spacial score (nSPS) is 13.1. The first-order chi connectivity index (χ1) is 16.6. The largest absolute Gasteiger partial charge is 0.454 e. The average molecular weight is 453 g/mol. The van der Waals surface area contributed by atoms with Crippen molar-refractivity contribution in [2.75, 3.05) is 6.79 Å². The lowest BCUT2D eigenvalue weighted by Crippen LogP contribution is -2.32. The monoisotopic (exact) mass is 453 g/mol. The number of hydrogen-bond donors (Lipinski definition) is 2. The molecule has 170 valence electrons. The van der Waals surface area contributed by atoms with E-state index in [0.29, 0.717) is 22.6 Å². The van der Waals surface area contributed by atoms with Crippen molar-refractivity contribution in [1.82, 2.24) is 10.7 Å². The zero-order chi connectivity index (χ0) is 23.8. The zero-order valence-electron chi connectivity index (χ0n) is 18.5. The number of carbonyl (C=O) groups is 2. The van der Waals surface area contributed by atoms with Crippen molar-refractivity contribution in [1.29, 1.82) is 0 Å². The fourth-order valence-electron chi connectivity index (χ4n) is 3.21. The molecular formula is C27H23N3O4. The van der Waals surface area contributed by atoms with Crippen LogP contribution >= 0.6 is 0 Å². The van der Waals surface area contributed by atoms with Crippen LogP contribution in [0, 0.1) is 0 Å². The van der Waals surface area contributed by atoms with Crippen LogP contribution in [0.1, 0.15) is 28.4 Å². The van der Waals surface area contributed by atoms with Crippen LogP contribution in [0.5, 0.6) is 11.5 Å². The highest BCUT2D eigenvalue weighted by molar-refractivity contribution is 6.05. The summed E-state index contributed by atoms with van der Waals surface area (Å²) in [5.74, 6) is 0.224. The quantitative estimate of drug-likeness (QED) is 0.315. The minimum atomic E-state index is -0.564. The zero-order valence-corrected chi connectivity index (χ0v) is 18.5. The molecule has 1 aliphatic heterocycles. The Morgan fingerprint density at radius 3 is 2.32 bits per heavy atom. The van der Waals surface area contributed by atoms with E-state index in [1.54, 1.807) is 54.8 Å². The number of nitrogens with one attached hydrogen (secondary N) is 2. The Bertz CT molecular complexity index is 1270. The summed E-state index contributed by atoms with van der Waals surface area (Å²) in [5.41, 5.74) is 5.48. The third kappa shape index (κ3) is 5.98. The molecule has 0 aliphatic carbocycles. The van der Waals surface area contributed by atoms with Crippen LogP contribution in [-0.2, 0) is 4.79 Å². The number of benzene rings is 3. The molecule has 0 spiro atoms. The number of nitrogens with zero attached hydrogens (tertiary/aromatic N) is 1. The second kappa shape index (κ2) is 10.8. The summed E-state index contributed by atoms with van der Waals surface area (Å²) in [6.07, 6.45) is 5.04. The van der Waals surface area contributed by atoms with E-state index >= 15 is 0 Å². The van der Waals surface area contributed by atoms with E-state index in [2.05, 4.69) is 15.8 Å². The first kappa shape index (κ1) is 22.5. The number of fused-ring (bicyclic) bond motifs is 1. The van der Waals surface area contributed by atoms with Gasteiger partial charge in [0.2, 0.25) is 6.79 Å². The Balaban J connectivity index is 1.52. The molecule has 3 aromatic carbocycles. The lowest BCUT2D eigenvalue weighted by Gasteiger charge is -2.09. The van der Waals surface area contributed by atoms with Crippen molar-refractivity contribution in [2.45, 2.75) is 6.92 Å². The van der Waals surface area contributed by atoms with Gasteiger partial charge in [-0.1, -0.05) is 60.7 Å². The number of amides is 2. The van der Waals surface area contributed by atoms with E-state index in [-0.39, 0.29) is 12.5 Å². The van der Waals surface area contributed by atoms with Crippen molar-refractivity contribution in [3.63, 3.8) is 0 Å². The van der Waals surface area contributed by atoms with Crippen LogP contribution in [0.2, 0.25) is 0 Å². The van der Waals surface area contributed by atoms with Crippen molar-refractivity contribution in [3.8, 4) is 11.5 Å². The van der Waals surface area contributed by atoms with E-state index in [4.69, 9.17) is 9.47 Å². The van der Waals surface area contributed by atoms with Crippen molar-refractivity contribution in [3.05, 3.63) is 107 Å². The van der Waals surface area contributed by atoms with Crippen LogP contribution in [0.3, 0.4) is 0 Å². The molecule has 7 nitrogen and oxygen atoms in total. The van der Waals surface area contributed by atoms with Gasteiger partial charge in [0.05, 0.1) is 6.21 Å². The van der Waals surface area contributed by atoms with Crippen LogP contribution < -0.4 is 20.2 Å². The van der Waals surface area contributed by atoms with Crippen molar-refractivity contribution < 1.29 is 19.1 Å². The lowest BCUT2D eigenvalue weighted by atomic mass is 10.1. The Morgan fingerprint density at radius 1 is 0.853 bits per heavy atom. The molecular weight excluding hydrogens is 430 g/mol. The molecule has 2 amide bonds. The van der Waals surface area contributed by atoms with Gasteiger partial charge in [-0.15, -0.1) is 0 Å². The van der Waals surface area contributed by atoms with Gasteiger partial charge in [0, 0.05) is 5.56 Å². The minimum Gasteiger partial charge on any atom is -0.454 e. The molecule has 4 rings (SSSR count). The third-order valence-electron chi connectivity index (χ3n) is 4.86. The van der Waals surface area contributed by atoms with E-state index in [1.165, 1.54) is 0 Å². The molecule has 34 heavy (non-hydrogen) atoms. The number of hydrazone groups is 1. The molecule has 1 heterocycles. The molecule has 0 saturated heterocycles. The summed E-state index contributed by atoms with van der Waals surface area (Å²) >= 11 is 0. The first-order valence-corrected chi connectivity index (χ1v) is 10.6. The summed E-state index contributed by atoms with van der Waals surface area (Å²) in [6.45, 7) is 2.02. The van der Waals surface area contributed by atoms with E-state index in [0.717, 1.165) is 11.1 Å². The van der Waals surface area contributed by atoms with Gasteiger partial charge >= 0.3 is 0 Å². The highest BCUT2D eigenvalue weighted by atomic mass is 16.7. The Hall–Kier alpha value is -4.65. The summed E-state index contributed by atoms with van der Waals surface area (Å²) < 4.78 is 10.7. The number of ether oxygens (including phenoxy) is 2. The highest BCUT2D eigenvalue weighted by Gasteiger charge is 2.16. The molecule has 0 fully saturated rings. The lowest BCUT2D eigenvalue weighted by molar-refractivity contribution is -0.117. The van der Waals surface area contributed by atoms with Crippen molar-refractivity contribution >= 4 is 30.2 Å². The molecule has 7 heteroatoms. The van der Waals surface area contributed by atoms with Gasteiger partial charge in [-0.2, -0.15) is 5.10 Å². The smallest absolute Gasteiger partial charge is 0.287 e. The first-order valence-electron chi connectivity index (χ1n) is 10.6. The Morgan fingerprint density at radius 2 is 1.56 bits per heavy atom. The van der Waals surface area contributed by atoms with E-state index in [9.17, 15) is 9.59 Å². The molecule has 0 aromatic heterocycles. The molecule has 0 bridgehead atoms. The fourth-order valence-corrected chi connectivity index (χ4v) is 3.21. The summed E-state index contributed by atoms with van der Waals surface area (Å²) in [6, 6.07) is 23.7. The van der Waals surface area contributed by atoms with E-state index in [1.807, 2.05) is 49.4 Å². The van der Waals surface area contributed by atoms with Crippen molar-refractivity contribution in [2.24, 2.45) is 5.10 Å². The van der Waals surface area contributed by atoms with Gasteiger partial charge < -0.3 is 14.8 Å². The third-order valence-corrected chi connectivity index (χ3v) is 4.86. The van der Waals surface area contributed by atoms with Gasteiger partial charge in [-0.25, -0.2) is 5.43 Å².